The Labute approximate surface area is 265 Å². The highest BCUT2D eigenvalue weighted by molar-refractivity contribution is 6.09. The van der Waals surface area contributed by atoms with E-state index in [1.54, 1.807) is 34.6 Å². The predicted octanol–water partition coefficient (Wildman–Crippen LogP) is 3.17. The van der Waals surface area contributed by atoms with Gasteiger partial charge < -0.3 is 30.9 Å². The number of benzene rings is 1. The van der Waals surface area contributed by atoms with E-state index in [1.807, 2.05) is 33.8 Å². The number of aliphatic hydroxyl groups is 3. The Morgan fingerprint density at radius 1 is 1.13 bits per heavy atom. The molecule has 10 heteroatoms. The first-order valence-electron chi connectivity index (χ1n) is 16.0. The fourth-order valence-corrected chi connectivity index (χ4v) is 9.87. The number of fused-ring (bicyclic) bond motifs is 3. The van der Waals surface area contributed by atoms with E-state index in [0.717, 1.165) is 0 Å². The SMILES string of the molecule is CCC(=O)C[C@@H]1[C@@]2(C)[C@H](C)c3c(COC)cc(C(C)(C)C)c(O)c3C(=O)[C@@H]2C(O)[C@@]2(O)C(=O)[C@H](C(N)=O)C(O)[C@H](C(C)C)[C@@]12C. The van der Waals surface area contributed by atoms with E-state index in [0.29, 0.717) is 16.7 Å². The molecule has 250 valence electrons. The average Bonchev–Trinajstić information content (AvgIpc) is 2.92. The van der Waals surface area contributed by atoms with E-state index in [1.165, 1.54) is 7.11 Å². The predicted molar refractivity (Wildman–Crippen MR) is 166 cm³/mol. The summed E-state index contributed by atoms with van der Waals surface area (Å²) >= 11 is 0. The monoisotopic (exact) mass is 629 g/mol. The highest BCUT2D eigenvalue weighted by Crippen LogP contribution is 2.72. The number of ketones is 3. The molecule has 0 aliphatic heterocycles. The number of ether oxygens (including phenoxy) is 1. The van der Waals surface area contributed by atoms with Gasteiger partial charge in [0.05, 0.1) is 24.2 Å². The highest BCUT2D eigenvalue weighted by atomic mass is 16.5. The van der Waals surface area contributed by atoms with Crippen LogP contribution in [0.25, 0.3) is 0 Å². The molecule has 4 rings (SSSR count). The maximum absolute atomic E-state index is 14.9. The Morgan fingerprint density at radius 3 is 2.18 bits per heavy atom. The number of aliphatic hydroxyl groups excluding tert-OH is 2. The van der Waals surface area contributed by atoms with Crippen LogP contribution in [-0.2, 0) is 31.1 Å². The Bertz CT molecular complexity index is 1430. The van der Waals surface area contributed by atoms with Crippen molar-refractivity contribution in [3.05, 3.63) is 28.3 Å². The van der Waals surface area contributed by atoms with Crippen LogP contribution < -0.4 is 5.73 Å². The first-order valence-corrected chi connectivity index (χ1v) is 16.0. The molecule has 6 N–H and O–H groups in total. The third-order valence-corrected chi connectivity index (χ3v) is 12.0. The molecule has 1 aromatic carbocycles. The van der Waals surface area contributed by atoms with Crippen molar-refractivity contribution in [1.82, 2.24) is 0 Å². The number of primary amides is 1. The van der Waals surface area contributed by atoms with Gasteiger partial charge in [-0.3, -0.25) is 19.2 Å². The summed E-state index contributed by atoms with van der Waals surface area (Å²) in [5.41, 5.74) is 1.06. The van der Waals surface area contributed by atoms with Crippen LogP contribution in [-0.4, -0.2) is 68.6 Å². The molecule has 2 unspecified atom stereocenters. The van der Waals surface area contributed by atoms with Crippen LogP contribution in [0.5, 0.6) is 5.75 Å². The van der Waals surface area contributed by atoms with Crippen molar-refractivity contribution in [2.45, 2.75) is 111 Å². The summed E-state index contributed by atoms with van der Waals surface area (Å²) in [6.07, 6.45) is -3.66. The topological polar surface area (TPSA) is 184 Å². The Balaban J connectivity index is 2.18. The normalized spacial score (nSPS) is 38.0. The molecule has 0 saturated heterocycles. The van der Waals surface area contributed by atoms with Crippen LogP contribution in [0.1, 0.15) is 108 Å². The largest absolute Gasteiger partial charge is 0.507 e. The van der Waals surface area contributed by atoms with Crippen molar-refractivity contribution in [2.75, 3.05) is 7.11 Å². The van der Waals surface area contributed by atoms with Crippen LogP contribution in [0, 0.1) is 40.4 Å². The molecule has 2 fully saturated rings. The van der Waals surface area contributed by atoms with Gasteiger partial charge in [0.25, 0.3) is 0 Å². The number of methoxy groups -OCH3 is 1. The third-order valence-electron chi connectivity index (χ3n) is 12.0. The molecule has 2 saturated carbocycles. The van der Waals surface area contributed by atoms with Crippen LogP contribution in [0.2, 0.25) is 0 Å². The molecule has 3 aliphatic carbocycles. The van der Waals surface area contributed by atoms with Gasteiger partial charge in [0.15, 0.2) is 17.2 Å². The number of phenolic OH excluding ortho intramolecular Hbond substituents is 1. The summed E-state index contributed by atoms with van der Waals surface area (Å²) in [7, 11) is 1.53. The maximum atomic E-state index is 14.9. The van der Waals surface area contributed by atoms with Gasteiger partial charge in [-0.2, -0.15) is 0 Å². The van der Waals surface area contributed by atoms with Crippen LogP contribution in [0.4, 0.5) is 0 Å². The molecule has 10 atom stereocenters. The number of Topliss-reactive ketones (excluding diaryl/α,β-unsaturated/α-hetero) is 3. The van der Waals surface area contributed by atoms with E-state index in [-0.39, 0.29) is 36.5 Å². The van der Waals surface area contributed by atoms with E-state index >= 15 is 0 Å². The Hall–Kier alpha value is -2.66. The molecule has 0 bridgehead atoms. The van der Waals surface area contributed by atoms with E-state index in [2.05, 4.69) is 0 Å². The van der Waals surface area contributed by atoms with E-state index < -0.39 is 87.0 Å². The number of carbonyl (C=O) groups is 4. The van der Waals surface area contributed by atoms with Gasteiger partial charge in [0, 0.05) is 30.9 Å². The first kappa shape index (κ1) is 35.2. The minimum absolute atomic E-state index is 0.00794. The average molecular weight is 630 g/mol. The lowest BCUT2D eigenvalue weighted by Crippen LogP contribution is -2.82. The van der Waals surface area contributed by atoms with Crippen molar-refractivity contribution in [3.63, 3.8) is 0 Å². The lowest BCUT2D eigenvalue weighted by molar-refractivity contribution is -0.292. The second-order valence-corrected chi connectivity index (χ2v) is 15.5. The second kappa shape index (κ2) is 11.2. The standard InChI is InChI=1S/C35H51NO9/c1-11-18(37)13-20-33(8)16(4)21-17(14-45-10)12-19(32(5,6)7)26(38)22(21)27(39)25(33)30(42)35(44)29(41)23(31(36)43)28(40)24(15(2)3)34(20,35)9/h12,15-16,20,23-25,28,30,38,40,42,44H,11,13-14H2,1-10H3,(H2,36,43)/t16-,20-,23-,24+,25-,28?,30?,33-,34-,35+/m1/s1. The number of aromatic hydroxyl groups is 1. The van der Waals surface area contributed by atoms with Gasteiger partial charge in [-0.05, 0) is 51.7 Å². The van der Waals surface area contributed by atoms with E-state index in [9.17, 15) is 39.6 Å². The summed E-state index contributed by atoms with van der Waals surface area (Å²) in [5, 5.41) is 48.4. The summed E-state index contributed by atoms with van der Waals surface area (Å²) < 4.78 is 5.56. The minimum atomic E-state index is -2.73. The van der Waals surface area contributed by atoms with Crippen LogP contribution in [0.15, 0.2) is 6.07 Å². The van der Waals surface area contributed by atoms with Gasteiger partial charge in [0.1, 0.15) is 23.6 Å². The molecule has 10 nitrogen and oxygen atoms in total. The molecule has 0 heterocycles. The maximum Gasteiger partial charge on any atom is 0.230 e. The zero-order valence-electron chi connectivity index (χ0n) is 28.2. The molecule has 0 aromatic heterocycles. The number of rotatable bonds is 7. The number of phenols is 1. The molecule has 0 spiro atoms. The molecular formula is C35H51NO9. The molecule has 1 aromatic rings. The molecule has 45 heavy (non-hydrogen) atoms. The van der Waals surface area contributed by atoms with Crippen LogP contribution >= 0.6 is 0 Å². The summed E-state index contributed by atoms with van der Waals surface area (Å²) in [4.78, 5) is 55.2. The van der Waals surface area contributed by atoms with Crippen molar-refractivity contribution < 1.29 is 44.3 Å². The van der Waals surface area contributed by atoms with Crippen molar-refractivity contribution in [3.8, 4) is 5.75 Å². The van der Waals surface area contributed by atoms with Crippen molar-refractivity contribution >= 4 is 23.3 Å². The summed E-state index contributed by atoms with van der Waals surface area (Å²) in [6.45, 7) is 16.3. The van der Waals surface area contributed by atoms with Gasteiger partial charge in [-0.25, -0.2) is 0 Å². The lowest BCUT2D eigenvalue weighted by Gasteiger charge is -2.71. The van der Waals surface area contributed by atoms with Gasteiger partial charge >= 0.3 is 0 Å². The first-order chi connectivity index (χ1) is 20.6. The Kier molecular flexibility index (Phi) is 8.80. The molecular weight excluding hydrogens is 578 g/mol. The van der Waals surface area contributed by atoms with Crippen molar-refractivity contribution in [1.29, 1.82) is 0 Å². The fourth-order valence-electron chi connectivity index (χ4n) is 9.87. The number of amides is 1. The molecule has 0 radical (unpaired) electrons. The van der Waals surface area contributed by atoms with E-state index in [4.69, 9.17) is 10.5 Å². The van der Waals surface area contributed by atoms with Crippen molar-refractivity contribution in [2.24, 2.45) is 46.2 Å². The Morgan fingerprint density at radius 2 is 1.71 bits per heavy atom. The van der Waals surface area contributed by atoms with Gasteiger partial charge in [-0.1, -0.05) is 62.3 Å². The van der Waals surface area contributed by atoms with Crippen LogP contribution in [0.3, 0.4) is 0 Å². The van der Waals surface area contributed by atoms with Gasteiger partial charge in [-0.15, -0.1) is 0 Å². The quantitative estimate of drug-likeness (QED) is 0.283. The molecule has 1 amide bonds. The number of hydrogen-bond acceptors (Lipinski definition) is 9. The highest BCUT2D eigenvalue weighted by Gasteiger charge is 2.80. The zero-order valence-corrected chi connectivity index (χ0v) is 28.2. The summed E-state index contributed by atoms with van der Waals surface area (Å²) in [6, 6.07) is 1.83. The number of nitrogens with two attached hydrogens (primary N) is 1. The minimum Gasteiger partial charge on any atom is -0.507 e. The fraction of sp³-hybridized carbons (Fsp3) is 0.714. The summed E-state index contributed by atoms with van der Waals surface area (Å²) in [5.74, 6) is -9.65. The lowest BCUT2D eigenvalue weighted by atomic mass is 9.33. The number of hydrogen-bond donors (Lipinski definition) is 5. The number of carbonyl (C=O) groups excluding carboxylic acids is 4. The third kappa shape index (κ3) is 4.49. The van der Waals surface area contributed by atoms with Gasteiger partial charge in [0.2, 0.25) is 5.91 Å². The molecule has 3 aliphatic rings. The zero-order chi connectivity index (χ0) is 34.4. The second-order valence-electron chi connectivity index (χ2n) is 15.5. The smallest absolute Gasteiger partial charge is 0.230 e.